The third kappa shape index (κ3) is 3.78. The number of primary sulfonamides is 1. The van der Waals surface area contributed by atoms with E-state index in [0.29, 0.717) is 6.61 Å². The Morgan fingerprint density at radius 1 is 1.45 bits per heavy atom. The fourth-order valence-electron chi connectivity index (χ4n) is 2.21. The lowest BCUT2D eigenvalue weighted by Gasteiger charge is -2.27. The summed E-state index contributed by atoms with van der Waals surface area (Å²) < 4.78 is 28.0. The molecular weight excluding hydrogens is 280 g/mol. The molecule has 20 heavy (non-hydrogen) atoms. The van der Waals surface area contributed by atoms with Crippen molar-refractivity contribution in [2.45, 2.75) is 36.8 Å². The molecule has 110 valence electrons. The van der Waals surface area contributed by atoms with E-state index in [-0.39, 0.29) is 28.5 Å². The Bertz CT molecular complexity index is 600. The van der Waals surface area contributed by atoms with Gasteiger partial charge in [-0.1, -0.05) is 6.07 Å². The molecule has 0 aliphatic carbocycles. The van der Waals surface area contributed by atoms with E-state index in [1.54, 1.807) is 6.07 Å². The number of nitrogens with two attached hydrogens (primary N) is 1. The van der Waals surface area contributed by atoms with Gasteiger partial charge in [0.1, 0.15) is 0 Å². The molecule has 0 radical (unpaired) electrons. The summed E-state index contributed by atoms with van der Waals surface area (Å²) in [7, 11) is -3.80. The number of sulfonamides is 1. The van der Waals surface area contributed by atoms with Crippen LogP contribution >= 0.6 is 0 Å². The summed E-state index contributed by atoms with van der Waals surface area (Å²) in [6, 6.07) is 5.76. The molecule has 3 N–H and O–H groups in total. The van der Waals surface area contributed by atoms with Gasteiger partial charge in [0, 0.05) is 18.2 Å². The average Bonchev–Trinajstić information content (AvgIpc) is 2.38. The number of ether oxygens (including phenoxy) is 1. The van der Waals surface area contributed by atoms with Crippen molar-refractivity contribution in [2.24, 2.45) is 5.14 Å². The van der Waals surface area contributed by atoms with Gasteiger partial charge >= 0.3 is 0 Å². The van der Waals surface area contributed by atoms with Crippen LogP contribution in [0.5, 0.6) is 0 Å². The lowest BCUT2D eigenvalue weighted by molar-refractivity contribution is 0.0136. The maximum Gasteiger partial charge on any atom is 0.251 e. The van der Waals surface area contributed by atoms with E-state index >= 15 is 0 Å². The van der Waals surface area contributed by atoms with E-state index in [1.165, 1.54) is 18.2 Å². The minimum Gasteiger partial charge on any atom is -0.378 e. The predicted octanol–water partition coefficient (Wildman–Crippen LogP) is 0.631. The molecule has 6 nitrogen and oxygen atoms in total. The first-order valence-corrected chi connectivity index (χ1v) is 7.96. The van der Waals surface area contributed by atoms with Gasteiger partial charge in [0.05, 0.1) is 11.0 Å². The highest BCUT2D eigenvalue weighted by molar-refractivity contribution is 7.89. The van der Waals surface area contributed by atoms with E-state index in [4.69, 9.17) is 9.88 Å². The number of hydrogen-bond acceptors (Lipinski definition) is 4. The summed E-state index contributed by atoms with van der Waals surface area (Å²) in [5.41, 5.74) is 0.288. The Hall–Kier alpha value is -1.44. The maximum absolute atomic E-state index is 12.1. The summed E-state index contributed by atoms with van der Waals surface area (Å²) in [6.07, 6.45) is 1.62. The number of rotatable bonds is 3. The zero-order chi connectivity index (χ0) is 14.8. The molecule has 2 rings (SSSR count). The Labute approximate surface area is 118 Å². The van der Waals surface area contributed by atoms with Crippen LogP contribution in [-0.2, 0) is 14.8 Å². The van der Waals surface area contributed by atoms with Gasteiger partial charge in [-0.15, -0.1) is 0 Å². The average molecular weight is 298 g/mol. The van der Waals surface area contributed by atoms with Crippen molar-refractivity contribution in [3.63, 3.8) is 0 Å². The fourth-order valence-corrected chi connectivity index (χ4v) is 2.77. The van der Waals surface area contributed by atoms with Crippen LogP contribution in [0, 0.1) is 0 Å². The summed E-state index contributed by atoms with van der Waals surface area (Å²) in [5, 5.41) is 7.94. The number of nitrogens with one attached hydrogen (secondary N) is 1. The largest absolute Gasteiger partial charge is 0.378 e. The van der Waals surface area contributed by atoms with E-state index < -0.39 is 10.0 Å². The van der Waals surface area contributed by atoms with Crippen molar-refractivity contribution in [1.82, 2.24) is 5.32 Å². The minimum atomic E-state index is -3.80. The zero-order valence-electron chi connectivity index (χ0n) is 11.2. The lowest BCUT2D eigenvalue weighted by atomic mass is 10.0. The number of benzene rings is 1. The maximum atomic E-state index is 12.1. The molecule has 1 saturated heterocycles. The van der Waals surface area contributed by atoms with Crippen molar-refractivity contribution in [3.8, 4) is 0 Å². The van der Waals surface area contributed by atoms with Crippen molar-refractivity contribution >= 4 is 15.9 Å². The van der Waals surface area contributed by atoms with Crippen LogP contribution in [0.1, 0.15) is 30.1 Å². The summed E-state index contributed by atoms with van der Waals surface area (Å²) in [5.74, 6) is -0.297. The normalized spacial score (nSPS) is 23.3. The first-order valence-electron chi connectivity index (χ1n) is 6.41. The van der Waals surface area contributed by atoms with Gasteiger partial charge in [-0.3, -0.25) is 4.79 Å². The van der Waals surface area contributed by atoms with Crippen LogP contribution < -0.4 is 10.5 Å². The second kappa shape index (κ2) is 5.90. The highest BCUT2D eigenvalue weighted by Crippen LogP contribution is 2.15. The molecular formula is C13H18N2O4S. The van der Waals surface area contributed by atoms with Gasteiger partial charge in [0.25, 0.3) is 5.91 Å². The van der Waals surface area contributed by atoms with Crippen LogP contribution in [0.2, 0.25) is 0 Å². The van der Waals surface area contributed by atoms with Crippen molar-refractivity contribution in [3.05, 3.63) is 29.8 Å². The van der Waals surface area contributed by atoms with Gasteiger partial charge in [-0.25, -0.2) is 13.6 Å². The minimum absolute atomic E-state index is 0.0457. The number of carbonyl (C=O) groups is 1. The molecule has 1 aliphatic rings. The smallest absolute Gasteiger partial charge is 0.251 e. The molecule has 2 atom stereocenters. The number of carbonyl (C=O) groups excluding carboxylic acids is 1. The summed E-state index contributed by atoms with van der Waals surface area (Å²) in [6.45, 7) is 2.57. The third-order valence-electron chi connectivity index (χ3n) is 3.25. The van der Waals surface area contributed by atoms with E-state index in [9.17, 15) is 13.2 Å². The Kier molecular flexibility index (Phi) is 4.42. The van der Waals surface area contributed by atoms with Crippen LogP contribution in [0.25, 0.3) is 0 Å². The Morgan fingerprint density at radius 2 is 2.20 bits per heavy atom. The van der Waals surface area contributed by atoms with Crippen molar-refractivity contribution in [2.75, 3.05) is 6.61 Å². The zero-order valence-corrected chi connectivity index (χ0v) is 12.0. The van der Waals surface area contributed by atoms with Gasteiger partial charge in [-0.2, -0.15) is 0 Å². The van der Waals surface area contributed by atoms with Crippen molar-refractivity contribution < 1.29 is 17.9 Å². The first kappa shape index (κ1) is 15.0. The summed E-state index contributed by atoms with van der Waals surface area (Å²) in [4.78, 5) is 12.0. The molecule has 1 fully saturated rings. The number of amides is 1. The highest BCUT2D eigenvalue weighted by Gasteiger charge is 2.21. The molecule has 1 amide bonds. The molecule has 2 unspecified atom stereocenters. The third-order valence-corrected chi connectivity index (χ3v) is 4.16. The van der Waals surface area contributed by atoms with Gasteiger partial charge in [-0.05, 0) is 38.0 Å². The topological polar surface area (TPSA) is 98.5 Å². The molecule has 0 spiro atoms. The van der Waals surface area contributed by atoms with E-state index in [0.717, 1.165) is 12.8 Å². The first-order chi connectivity index (χ1) is 9.36. The van der Waals surface area contributed by atoms with Crippen LogP contribution in [0.4, 0.5) is 0 Å². The standard InChI is InChI=1S/C13H18N2O4S/c1-9-7-11(5-6-19-9)15-13(16)10-3-2-4-12(8-10)20(14,17)18/h2-4,8-9,11H,5-7H2,1H3,(H,15,16)(H2,14,17,18). The quantitative estimate of drug-likeness (QED) is 0.855. The molecule has 0 bridgehead atoms. The molecule has 1 aromatic carbocycles. The highest BCUT2D eigenvalue weighted by atomic mass is 32.2. The Balaban J connectivity index is 2.09. The second-order valence-electron chi connectivity index (χ2n) is 4.95. The lowest BCUT2D eigenvalue weighted by Crippen LogP contribution is -2.41. The molecule has 1 aliphatic heterocycles. The molecule has 0 saturated carbocycles. The predicted molar refractivity (Wildman–Crippen MR) is 73.7 cm³/mol. The Morgan fingerprint density at radius 3 is 2.85 bits per heavy atom. The van der Waals surface area contributed by atoms with E-state index in [1.807, 2.05) is 6.92 Å². The van der Waals surface area contributed by atoms with Crippen LogP contribution in [-0.4, -0.2) is 33.1 Å². The second-order valence-corrected chi connectivity index (χ2v) is 6.51. The SMILES string of the molecule is CC1CC(NC(=O)c2cccc(S(N)(=O)=O)c2)CCO1. The van der Waals surface area contributed by atoms with Crippen molar-refractivity contribution in [1.29, 1.82) is 0 Å². The van der Waals surface area contributed by atoms with Crippen LogP contribution in [0.15, 0.2) is 29.2 Å². The molecule has 7 heteroatoms. The molecule has 0 aromatic heterocycles. The molecule has 1 aromatic rings. The monoisotopic (exact) mass is 298 g/mol. The van der Waals surface area contributed by atoms with Gasteiger partial charge < -0.3 is 10.1 Å². The molecule has 1 heterocycles. The van der Waals surface area contributed by atoms with Crippen LogP contribution in [0.3, 0.4) is 0 Å². The van der Waals surface area contributed by atoms with E-state index in [2.05, 4.69) is 5.32 Å². The van der Waals surface area contributed by atoms with Gasteiger partial charge in [0.2, 0.25) is 10.0 Å². The fraction of sp³-hybridized carbons (Fsp3) is 0.462. The van der Waals surface area contributed by atoms with Gasteiger partial charge in [0.15, 0.2) is 0 Å². The summed E-state index contributed by atoms with van der Waals surface area (Å²) >= 11 is 0. The number of hydrogen-bond donors (Lipinski definition) is 2.